The number of aromatic nitrogens is 4. The number of alkyl halides is 2. The van der Waals surface area contributed by atoms with Crippen LogP contribution in [0, 0.1) is 5.92 Å². The first-order valence-corrected chi connectivity index (χ1v) is 9.08. The van der Waals surface area contributed by atoms with Crippen LogP contribution >= 0.6 is 0 Å². The lowest BCUT2D eigenvalue weighted by Gasteiger charge is -2.31. The van der Waals surface area contributed by atoms with Gasteiger partial charge in [-0.15, -0.1) is 0 Å². The molecule has 142 valence electrons. The number of rotatable bonds is 5. The summed E-state index contributed by atoms with van der Waals surface area (Å²) in [6, 6.07) is 6.88. The van der Waals surface area contributed by atoms with Crippen molar-refractivity contribution >= 4 is 5.65 Å². The molecule has 27 heavy (non-hydrogen) atoms. The molecule has 0 spiro atoms. The van der Waals surface area contributed by atoms with Crippen molar-refractivity contribution in [3.05, 3.63) is 64.7 Å². The van der Waals surface area contributed by atoms with Crippen LogP contribution in [0.15, 0.2) is 47.8 Å². The van der Waals surface area contributed by atoms with Gasteiger partial charge in [-0.2, -0.15) is 0 Å². The fourth-order valence-electron chi connectivity index (χ4n) is 3.59. The van der Waals surface area contributed by atoms with Gasteiger partial charge in [0, 0.05) is 31.5 Å². The molecule has 8 heteroatoms. The first-order chi connectivity index (χ1) is 13.1. The SMILES string of the molecule is O=c1cc(C(F)F)ncn1CC1CCN(Cc2cn3ccccc3n2)CC1. The maximum Gasteiger partial charge on any atom is 0.280 e. The predicted molar refractivity (Wildman–Crippen MR) is 96.6 cm³/mol. The standard InChI is InChI=1S/C19H21F2N5O/c20-19(21)16-9-18(27)26(13-22-16)10-14-4-7-24(8-5-14)11-15-12-25-6-2-1-3-17(25)23-15/h1-3,6,9,12-14,19H,4-5,7-8,10-11H2. The van der Waals surface area contributed by atoms with Crippen molar-refractivity contribution in [1.29, 1.82) is 0 Å². The van der Waals surface area contributed by atoms with E-state index in [1.54, 1.807) is 0 Å². The Labute approximate surface area is 155 Å². The van der Waals surface area contributed by atoms with Gasteiger partial charge in [0.1, 0.15) is 11.3 Å². The van der Waals surface area contributed by atoms with E-state index in [4.69, 9.17) is 0 Å². The summed E-state index contributed by atoms with van der Waals surface area (Å²) in [6.45, 7) is 3.18. The molecule has 1 aliphatic heterocycles. The quantitative estimate of drug-likeness (QED) is 0.690. The van der Waals surface area contributed by atoms with Crippen LogP contribution in [0.2, 0.25) is 0 Å². The Morgan fingerprint density at radius 2 is 2.04 bits per heavy atom. The van der Waals surface area contributed by atoms with Crippen LogP contribution in [0.4, 0.5) is 8.78 Å². The molecule has 0 bridgehead atoms. The molecule has 3 aromatic rings. The van der Waals surface area contributed by atoms with Gasteiger partial charge in [0.25, 0.3) is 12.0 Å². The molecule has 4 heterocycles. The Hall–Kier alpha value is -2.61. The van der Waals surface area contributed by atoms with Gasteiger partial charge >= 0.3 is 0 Å². The molecule has 6 nitrogen and oxygen atoms in total. The lowest BCUT2D eigenvalue weighted by Crippen LogP contribution is -2.36. The van der Waals surface area contributed by atoms with Gasteiger partial charge < -0.3 is 4.40 Å². The minimum absolute atomic E-state index is 0.346. The van der Waals surface area contributed by atoms with Crippen molar-refractivity contribution in [1.82, 2.24) is 23.8 Å². The first-order valence-electron chi connectivity index (χ1n) is 9.08. The zero-order valence-electron chi connectivity index (χ0n) is 14.8. The van der Waals surface area contributed by atoms with Gasteiger partial charge in [0.15, 0.2) is 0 Å². The van der Waals surface area contributed by atoms with Crippen molar-refractivity contribution in [3.63, 3.8) is 0 Å². The number of pyridine rings is 1. The second-order valence-electron chi connectivity index (χ2n) is 7.02. The molecule has 0 aliphatic carbocycles. The van der Waals surface area contributed by atoms with E-state index in [-0.39, 0.29) is 0 Å². The van der Waals surface area contributed by atoms with E-state index >= 15 is 0 Å². The molecule has 0 saturated carbocycles. The Balaban J connectivity index is 1.33. The zero-order chi connectivity index (χ0) is 18.8. The van der Waals surface area contributed by atoms with Gasteiger partial charge in [-0.1, -0.05) is 6.07 Å². The fourth-order valence-corrected chi connectivity index (χ4v) is 3.59. The average molecular weight is 373 g/mol. The average Bonchev–Trinajstić information content (AvgIpc) is 3.07. The van der Waals surface area contributed by atoms with E-state index in [0.717, 1.165) is 49.9 Å². The summed E-state index contributed by atoms with van der Waals surface area (Å²) in [6.07, 6.45) is 4.48. The van der Waals surface area contributed by atoms with Crippen molar-refractivity contribution in [3.8, 4) is 0 Å². The summed E-state index contributed by atoms with van der Waals surface area (Å²) in [4.78, 5) is 22.7. The Kier molecular flexibility index (Phi) is 4.98. The van der Waals surface area contributed by atoms with Crippen LogP contribution in [-0.4, -0.2) is 36.9 Å². The largest absolute Gasteiger partial charge is 0.307 e. The third-order valence-electron chi connectivity index (χ3n) is 5.09. The van der Waals surface area contributed by atoms with Crippen LogP contribution in [0.25, 0.3) is 5.65 Å². The Morgan fingerprint density at radius 3 is 2.74 bits per heavy atom. The molecular formula is C19H21F2N5O. The van der Waals surface area contributed by atoms with E-state index in [1.165, 1.54) is 10.9 Å². The number of hydrogen-bond donors (Lipinski definition) is 0. The number of piperidine rings is 1. The van der Waals surface area contributed by atoms with E-state index in [0.29, 0.717) is 12.5 Å². The normalized spacial score (nSPS) is 16.4. The molecule has 4 rings (SSSR count). The number of halogens is 2. The molecule has 0 aromatic carbocycles. The molecule has 0 amide bonds. The van der Waals surface area contributed by atoms with E-state index in [9.17, 15) is 13.6 Å². The third-order valence-corrected chi connectivity index (χ3v) is 5.09. The summed E-state index contributed by atoms with van der Waals surface area (Å²) < 4.78 is 28.7. The molecule has 0 unspecified atom stereocenters. The summed E-state index contributed by atoms with van der Waals surface area (Å²) in [5.74, 6) is 0.346. The molecule has 1 saturated heterocycles. The van der Waals surface area contributed by atoms with Crippen LogP contribution in [-0.2, 0) is 13.1 Å². The Bertz CT molecular complexity index is 942. The summed E-state index contributed by atoms with van der Waals surface area (Å²) in [7, 11) is 0. The van der Waals surface area contributed by atoms with Crippen LogP contribution in [0.5, 0.6) is 0 Å². The number of fused-ring (bicyclic) bond motifs is 1. The van der Waals surface area contributed by atoms with Crippen LogP contribution < -0.4 is 5.56 Å². The lowest BCUT2D eigenvalue weighted by molar-refractivity contribution is 0.144. The molecular weight excluding hydrogens is 352 g/mol. The smallest absolute Gasteiger partial charge is 0.280 e. The Morgan fingerprint density at radius 1 is 1.22 bits per heavy atom. The van der Waals surface area contributed by atoms with E-state index < -0.39 is 17.7 Å². The topological polar surface area (TPSA) is 55.4 Å². The lowest BCUT2D eigenvalue weighted by atomic mass is 9.96. The van der Waals surface area contributed by atoms with Crippen molar-refractivity contribution in [2.45, 2.75) is 32.4 Å². The minimum atomic E-state index is -2.71. The zero-order valence-corrected chi connectivity index (χ0v) is 14.8. The van der Waals surface area contributed by atoms with E-state index in [1.807, 2.05) is 28.8 Å². The highest BCUT2D eigenvalue weighted by Crippen LogP contribution is 2.20. The fraction of sp³-hybridized carbons (Fsp3) is 0.421. The van der Waals surface area contributed by atoms with Gasteiger partial charge in [0.2, 0.25) is 0 Å². The van der Waals surface area contributed by atoms with Gasteiger partial charge in [-0.05, 0) is 44.0 Å². The van der Waals surface area contributed by atoms with Gasteiger partial charge in [-0.25, -0.2) is 18.7 Å². The van der Waals surface area contributed by atoms with Gasteiger partial charge in [0.05, 0.1) is 12.0 Å². The number of nitrogens with zero attached hydrogens (tertiary/aromatic N) is 5. The number of imidazole rings is 1. The molecule has 3 aromatic heterocycles. The number of hydrogen-bond acceptors (Lipinski definition) is 4. The monoisotopic (exact) mass is 373 g/mol. The van der Waals surface area contributed by atoms with E-state index in [2.05, 4.69) is 21.1 Å². The maximum absolute atomic E-state index is 12.6. The van der Waals surface area contributed by atoms with Crippen molar-refractivity contribution < 1.29 is 8.78 Å². The summed E-state index contributed by atoms with van der Waals surface area (Å²) in [5, 5.41) is 0. The highest BCUT2D eigenvalue weighted by atomic mass is 19.3. The van der Waals surface area contributed by atoms with Crippen molar-refractivity contribution in [2.24, 2.45) is 5.92 Å². The van der Waals surface area contributed by atoms with Crippen LogP contribution in [0.1, 0.15) is 30.7 Å². The van der Waals surface area contributed by atoms with Gasteiger partial charge in [-0.3, -0.25) is 14.3 Å². The molecule has 0 N–H and O–H groups in total. The molecule has 0 radical (unpaired) electrons. The minimum Gasteiger partial charge on any atom is -0.307 e. The third kappa shape index (κ3) is 4.05. The van der Waals surface area contributed by atoms with Crippen molar-refractivity contribution in [2.75, 3.05) is 13.1 Å². The highest BCUT2D eigenvalue weighted by molar-refractivity contribution is 5.39. The summed E-state index contributed by atoms with van der Waals surface area (Å²) in [5.41, 5.74) is 1.12. The molecule has 0 atom stereocenters. The predicted octanol–water partition coefficient (Wildman–Crippen LogP) is 2.74. The number of likely N-dealkylation sites (tertiary alicyclic amines) is 1. The molecule has 1 aliphatic rings. The second-order valence-corrected chi connectivity index (χ2v) is 7.02. The van der Waals surface area contributed by atoms with Crippen LogP contribution in [0.3, 0.4) is 0 Å². The highest BCUT2D eigenvalue weighted by Gasteiger charge is 2.21. The maximum atomic E-state index is 12.6. The first kappa shape index (κ1) is 17.8. The summed E-state index contributed by atoms with van der Waals surface area (Å²) >= 11 is 0. The molecule has 1 fully saturated rings. The second kappa shape index (κ2) is 7.56.